The molecule has 0 fully saturated rings. The first kappa shape index (κ1) is 9.98. The molecule has 0 spiro atoms. The second kappa shape index (κ2) is 3.90. The molecule has 0 bridgehead atoms. The minimum atomic E-state index is -0.182. The fraction of sp³-hybridized carbons (Fsp3) is 0.182. The van der Waals surface area contributed by atoms with E-state index in [4.69, 9.17) is 0 Å². The van der Waals surface area contributed by atoms with Crippen LogP contribution >= 0.6 is 11.3 Å². The highest BCUT2D eigenvalue weighted by atomic mass is 32.1. The van der Waals surface area contributed by atoms with Gasteiger partial charge in [-0.2, -0.15) is 0 Å². The maximum Gasteiger partial charge on any atom is 0.319 e. The number of urea groups is 1. The molecule has 0 atom stereocenters. The summed E-state index contributed by atoms with van der Waals surface area (Å²) in [5.41, 5.74) is 1.23. The summed E-state index contributed by atoms with van der Waals surface area (Å²) < 4.78 is 1.20. The van der Waals surface area contributed by atoms with Gasteiger partial charge in [-0.15, -0.1) is 11.3 Å². The van der Waals surface area contributed by atoms with Crippen LogP contribution < -0.4 is 10.6 Å². The number of carbonyl (C=O) groups is 1. The van der Waals surface area contributed by atoms with Crippen LogP contribution in [0.4, 0.5) is 9.80 Å². The minimum Gasteiger partial charge on any atom is -0.341 e. The van der Waals surface area contributed by atoms with Gasteiger partial charge in [0.15, 0.2) is 0 Å². The standard InChI is InChI=1S/C11H12N2OS/c1-7-3-4-8-6-10(13-11(14)12-2)15-9(8)5-7/h3-6H,1-2H3,(H2,12,13,14). The molecule has 2 aromatic rings. The summed E-state index contributed by atoms with van der Waals surface area (Å²) in [6, 6.07) is 8.05. The average Bonchev–Trinajstić information content (AvgIpc) is 2.59. The van der Waals surface area contributed by atoms with E-state index in [2.05, 4.69) is 35.8 Å². The largest absolute Gasteiger partial charge is 0.341 e. The number of amides is 2. The number of nitrogens with one attached hydrogen (secondary N) is 2. The predicted molar refractivity (Wildman–Crippen MR) is 64.6 cm³/mol. The van der Waals surface area contributed by atoms with Gasteiger partial charge in [0, 0.05) is 11.7 Å². The Morgan fingerprint density at radius 1 is 1.33 bits per heavy atom. The Bertz CT molecular complexity index is 504. The van der Waals surface area contributed by atoms with Crippen LogP contribution in [0.1, 0.15) is 5.56 Å². The van der Waals surface area contributed by atoms with E-state index < -0.39 is 0 Å². The summed E-state index contributed by atoms with van der Waals surface area (Å²) in [6.45, 7) is 2.06. The molecule has 2 amide bonds. The minimum absolute atomic E-state index is 0.182. The van der Waals surface area contributed by atoms with Crippen molar-refractivity contribution in [3.05, 3.63) is 29.8 Å². The molecule has 0 aliphatic carbocycles. The lowest BCUT2D eigenvalue weighted by atomic mass is 10.2. The normalized spacial score (nSPS) is 10.3. The average molecular weight is 220 g/mol. The zero-order chi connectivity index (χ0) is 10.8. The van der Waals surface area contributed by atoms with Crippen molar-refractivity contribution in [2.24, 2.45) is 0 Å². The van der Waals surface area contributed by atoms with Crippen molar-refractivity contribution >= 4 is 32.5 Å². The van der Waals surface area contributed by atoms with Crippen molar-refractivity contribution in [1.29, 1.82) is 0 Å². The van der Waals surface area contributed by atoms with Crippen LogP contribution in [0.5, 0.6) is 0 Å². The molecule has 1 heterocycles. The molecule has 2 N–H and O–H groups in total. The van der Waals surface area contributed by atoms with Gasteiger partial charge < -0.3 is 5.32 Å². The molecule has 0 saturated heterocycles. The van der Waals surface area contributed by atoms with Gasteiger partial charge in [0.25, 0.3) is 0 Å². The van der Waals surface area contributed by atoms with Crippen molar-refractivity contribution in [1.82, 2.24) is 5.32 Å². The first-order chi connectivity index (χ1) is 7.19. The second-order valence-corrected chi connectivity index (χ2v) is 4.44. The molecule has 0 aliphatic heterocycles. The van der Waals surface area contributed by atoms with Crippen LogP contribution in [-0.4, -0.2) is 13.1 Å². The Morgan fingerprint density at radius 2 is 2.13 bits per heavy atom. The molecule has 0 unspecified atom stereocenters. The van der Waals surface area contributed by atoms with Gasteiger partial charge in [-0.1, -0.05) is 12.1 Å². The first-order valence-corrected chi connectivity index (χ1v) is 5.49. The Balaban J connectivity index is 2.34. The highest BCUT2D eigenvalue weighted by Gasteiger charge is 2.04. The molecular weight excluding hydrogens is 208 g/mol. The molecule has 0 saturated carbocycles. The predicted octanol–water partition coefficient (Wildman–Crippen LogP) is 2.96. The van der Waals surface area contributed by atoms with E-state index in [1.807, 2.05) is 6.07 Å². The zero-order valence-electron chi connectivity index (χ0n) is 8.63. The number of benzene rings is 1. The Labute approximate surface area is 92.1 Å². The topological polar surface area (TPSA) is 41.1 Å². The van der Waals surface area contributed by atoms with Gasteiger partial charge >= 0.3 is 6.03 Å². The Hall–Kier alpha value is -1.55. The van der Waals surface area contributed by atoms with Gasteiger partial charge in [0.1, 0.15) is 0 Å². The van der Waals surface area contributed by atoms with E-state index in [-0.39, 0.29) is 6.03 Å². The Morgan fingerprint density at radius 3 is 2.87 bits per heavy atom. The second-order valence-electron chi connectivity index (χ2n) is 3.36. The van der Waals surface area contributed by atoms with Gasteiger partial charge in [-0.3, -0.25) is 5.32 Å². The molecule has 15 heavy (non-hydrogen) atoms. The third-order valence-electron chi connectivity index (χ3n) is 2.14. The van der Waals surface area contributed by atoms with Crippen molar-refractivity contribution in [2.75, 3.05) is 12.4 Å². The fourth-order valence-corrected chi connectivity index (χ4v) is 2.43. The molecule has 1 aromatic carbocycles. The molecule has 0 aliphatic rings. The number of fused-ring (bicyclic) bond motifs is 1. The number of carbonyl (C=O) groups excluding carboxylic acids is 1. The summed E-state index contributed by atoms with van der Waals surface area (Å²) in [5.74, 6) is 0. The third kappa shape index (κ3) is 2.10. The highest BCUT2D eigenvalue weighted by molar-refractivity contribution is 7.22. The molecule has 0 radical (unpaired) electrons. The third-order valence-corrected chi connectivity index (χ3v) is 3.15. The maximum absolute atomic E-state index is 11.1. The number of thiophene rings is 1. The quantitative estimate of drug-likeness (QED) is 0.762. The van der Waals surface area contributed by atoms with Gasteiger partial charge in [-0.05, 0) is 30.0 Å². The monoisotopic (exact) mass is 220 g/mol. The number of hydrogen-bond donors (Lipinski definition) is 2. The first-order valence-electron chi connectivity index (χ1n) is 4.68. The van der Waals surface area contributed by atoms with Gasteiger partial charge in [-0.25, -0.2) is 4.79 Å². The fourth-order valence-electron chi connectivity index (χ4n) is 1.37. The highest BCUT2D eigenvalue weighted by Crippen LogP contribution is 2.30. The van der Waals surface area contributed by atoms with Crippen LogP contribution in [0.15, 0.2) is 24.3 Å². The number of anilines is 1. The lowest BCUT2D eigenvalue weighted by Gasteiger charge is -1.98. The maximum atomic E-state index is 11.1. The van der Waals surface area contributed by atoms with E-state index in [9.17, 15) is 4.79 Å². The van der Waals surface area contributed by atoms with Crippen molar-refractivity contribution in [2.45, 2.75) is 6.92 Å². The van der Waals surface area contributed by atoms with E-state index in [1.54, 1.807) is 18.4 Å². The molecule has 1 aromatic heterocycles. The summed E-state index contributed by atoms with van der Waals surface area (Å²) >= 11 is 1.58. The van der Waals surface area contributed by atoms with E-state index >= 15 is 0 Å². The number of rotatable bonds is 1. The summed E-state index contributed by atoms with van der Waals surface area (Å²) in [4.78, 5) is 11.1. The van der Waals surface area contributed by atoms with Gasteiger partial charge in [0.05, 0.1) is 5.00 Å². The van der Waals surface area contributed by atoms with Crippen molar-refractivity contribution < 1.29 is 4.79 Å². The lowest BCUT2D eigenvalue weighted by molar-refractivity contribution is 0.254. The zero-order valence-corrected chi connectivity index (χ0v) is 9.44. The van der Waals surface area contributed by atoms with Crippen LogP contribution in [0.25, 0.3) is 10.1 Å². The smallest absolute Gasteiger partial charge is 0.319 e. The molecule has 3 nitrogen and oxygen atoms in total. The molecule has 2 rings (SSSR count). The van der Waals surface area contributed by atoms with Crippen molar-refractivity contribution in [3.8, 4) is 0 Å². The van der Waals surface area contributed by atoms with Crippen molar-refractivity contribution in [3.63, 3.8) is 0 Å². The number of hydrogen-bond acceptors (Lipinski definition) is 2. The van der Waals surface area contributed by atoms with Crippen LogP contribution in [0.2, 0.25) is 0 Å². The summed E-state index contributed by atoms with van der Waals surface area (Å²) in [7, 11) is 1.60. The lowest BCUT2D eigenvalue weighted by Crippen LogP contribution is -2.23. The number of aryl methyl sites for hydroxylation is 1. The summed E-state index contributed by atoms with van der Waals surface area (Å²) in [6.07, 6.45) is 0. The SMILES string of the molecule is CNC(=O)Nc1cc2ccc(C)cc2s1. The van der Waals surface area contributed by atoms with E-state index in [1.165, 1.54) is 10.3 Å². The van der Waals surface area contributed by atoms with Crippen LogP contribution in [0, 0.1) is 6.92 Å². The van der Waals surface area contributed by atoms with Crippen LogP contribution in [0.3, 0.4) is 0 Å². The van der Waals surface area contributed by atoms with Gasteiger partial charge in [0.2, 0.25) is 0 Å². The van der Waals surface area contributed by atoms with E-state index in [0.717, 1.165) is 10.4 Å². The molecule has 78 valence electrons. The summed E-state index contributed by atoms with van der Waals surface area (Å²) in [5, 5.41) is 7.33. The van der Waals surface area contributed by atoms with Crippen LogP contribution in [-0.2, 0) is 0 Å². The molecular formula is C11H12N2OS. The van der Waals surface area contributed by atoms with E-state index in [0.29, 0.717) is 0 Å². The Kier molecular flexibility index (Phi) is 2.60. The molecule has 4 heteroatoms.